The van der Waals surface area contributed by atoms with E-state index >= 15 is 0 Å². The summed E-state index contributed by atoms with van der Waals surface area (Å²) in [5, 5.41) is 8.17. The van der Waals surface area contributed by atoms with E-state index in [0.717, 1.165) is 37.7 Å². The van der Waals surface area contributed by atoms with Gasteiger partial charge in [0.15, 0.2) is 0 Å². The molecule has 0 aliphatic heterocycles. The Hall–Kier alpha value is -0.900. The van der Waals surface area contributed by atoms with E-state index < -0.39 is 0 Å². The van der Waals surface area contributed by atoms with Crippen LogP contribution in [0.1, 0.15) is 71.0 Å². The molecule has 1 aliphatic rings. The molecule has 0 amide bonds. The van der Waals surface area contributed by atoms with Crippen LogP contribution >= 0.6 is 0 Å². The van der Waals surface area contributed by atoms with Crippen molar-refractivity contribution in [2.75, 3.05) is 6.54 Å². The van der Waals surface area contributed by atoms with Gasteiger partial charge in [-0.2, -0.15) is 5.10 Å². The summed E-state index contributed by atoms with van der Waals surface area (Å²) in [4.78, 5) is 4.51. The molecular formula is C17H32N4. The largest absolute Gasteiger partial charge is 0.313 e. The normalized spacial score (nSPS) is 18.6. The van der Waals surface area contributed by atoms with Gasteiger partial charge < -0.3 is 5.32 Å². The van der Waals surface area contributed by atoms with Gasteiger partial charge in [-0.3, -0.25) is 4.68 Å². The fourth-order valence-corrected chi connectivity index (χ4v) is 3.49. The third kappa shape index (κ3) is 5.10. The van der Waals surface area contributed by atoms with Crippen LogP contribution < -0.4 is 5.32 Å². The SMILES string of the molecule is CCCNC(Cc1ncnn1CCC)C1CCCCCC1. The number of nitrogens with zero attached hydrogens (tertiary/aromatic N) is 3. The van der Waals surface area contributed by atoms with Crippen molar-refractivity contribution < 1.29 is 0 Å². The fourth-order valence-electron chi connectivity index (χ4n) is 3.49. The van der Waals surface area contributed by atoms with E-state index in [-0.39, 0.29) is 0 Å². The summed E-state index contributed by atoms with van der Waals surface area (Å²) in [5.74, 6) is 1.97. The quantitative estimate of drug-likeness (QED) is 0.745. The minimum atomic E-state index is 0.572. The molecule has 0 aromatic carbocycles. The summed E-state index contributed by atoms with van der Waals surface area (Å²) >= 11 is 0. The average Bonchev–Trinajstić information content (AvgIpc) is 2.76. The van der Waals surface area contributed by atoms with E-state index in [1.807, 2.05) is 0 Å². The summed E-state index contributed by atoms with van der Waals surface area (Å²) < 4.78 is 2.09. The molecule has 0 bridgehead atoms. The Morgan fingerprint density at radius 1 is 1.19 bits per heavy atom. The van der Waals surface area contributed by atoms with Crippen molar-refractivity contribution in [2.24, 2.45) is 5.92 Å². The van der Waals surface area contributed by atoms with Crippen LogP contribution in [0.5, 0.6) is 0 Å². The molecule has 0 saturated heterocycles. The highest BCUT2D eigenvalue weighted by molar-refractivity contribution is 4.93. The van der Waals surface area contributed by atoms with Crippen molar-refractivity contribution in [3.63, 3.8) is 0 Å². The maximum absolute atomic E-state index is 4.51. The standard InChI is InChI=1S/C17H32N4/c1-3-11-18-16(15-9-7-5-6-8-10-15)13-17-19-14-20-21(17)12-4-2/h14-16,18H,3-13H2,1-2H3. The number of aryl methyl sites for hydroxylation is 1. The lowest BCUT2D eigenvalue weighted by Gasteiger charge is -2.27. The first-order chi connectivity index (χ1) is 10.3. The van der Waals surface area contributed by atoms with Gasteiger partial charge in [-0.15, -0.1) is 0 Å². The molecule has 1 aromatic rings. The van der Waals surface area contributed by atoms with Gasteiger partial charge in [0.2, 0.25) is 0 Å². The molecule has 1 N–H and O–H groups in total. The van der Waals surface area contributed by atoms with Gasteiger partial charge in [0, 0.05) is 19.0 Å². The van der Waals surface area contributed by atoms with Crippen molar-refractivity contribution >= 4 is 0 Å². The van der Waals surface area contributed by atoms with Crippen LogP contribution in [0.15, 0.2) is 6.33 Å². The lowest BCUT2D eigenvalue weighted by atomic mass is 9.89. The number of aromatic nitrogens is 3. The topological polar surface area (TPSA) is 42.7 Å². The second-order valence-electron chi connectivity index (χ2n) is 6.42. The van der Waals surface area contributed by atoms with Crippen molar-refractivity contribution in [2.45, 2.75) is 84.2 Å². The van der Waals surface area contributed by atoms with Gasteiger partial charge in [-0.1, -0.05) is 39.5 Å². The summed E-state index contributed by atoms with van der Waals surface area (Å²) in [6.07, 6.45) is 13.5. The lowest BCUT2D eigenvalue weighted by molar-refractivity contribution is 0.310. The van der Waals surface area contributed by atoms with Crippen molar-refractivity contribution in [1.82, 2.24) is 20.1 Å². The van der Waals surface area contributed by atoms with Crippen LogP contribution in [0, 0.1) is 5.92 Å². The molecule has 1 saturated carbocycles. The van der Waals surface area contributed by atoms with Gasteiger partial charge >= 0.3 is 0 Å². The Balaban J connectivity index is 2.01. The third-order valence-corrected chi connectivity index (χ3v) is 4.66. The summed E-state index contributed by atoms with van der Waals surface area (Å²) in [6.45, 7) is 6.55. The maximum atomic E-state index is 4.51. The Morgan fingerprint density at radius 3 is 2.62 bits per heavy atom. The number of hydrogen-bond donors (Lipinski definition) is 1. The average molecular weight is 292 g/mol. The van der Waals surface area contributed by atoms with Crippen molar-refractivity contribution in [3.8, 4) is 0 Å². The van der Waals surface area contributed by atoms with Crippen molar-refractivity contribution in [1.29, 1.82) is 0 Å². The third-order valence-electron chi connectivity index (χ3n) is 4.66. The Kier molecular flexibility index (Phi) is 7.20. The highest BCUT2D eigenvalue weighted by Crippen LogP contribution is 2.27. The second-order valence-corrected chi connectivity index (χ2v) is 6.42. The lowest BCUT2D eigenvalue weighted by Crippen LogP contribution is -2.39. The van der Waals surface area contributed by atoms with Crippen LogP contribution in [0.2, 0.25) is 0 Å². The monoisotopic (exact) mass is 292 g/mol. The van der Waals surface area contributed by atoms with Gasteiger partial charge in [-0.05, 0) is 38.1 Å². The summed E-state index contributed by atoms with van der Waals surface area (Å²) in [7, 11) is 0. The number of nitrogens with one attached hydrogen (secondary N) is 1. The Labute approximate surface area is 129 Å². The highest BCUT2D eigenvalue weighted by atomic mass is 15.3. The van der Waals surface area contributed by atoms with E-state index in [1.54, 1.807) is 6.33 Å². The molecule has 1 atom stereocenters. The van der Waals surface area contributed by atoms with Gasteiger partial charge in [-0.25, -0.2) is 4.98 Å². The minimum absolute atomic E-state index is 0.572. The predicted octanol–water partition coefficient (Wildman–Crippen LogP) is 3.57. The van der Waals surface area contributed by atoms with E-state index in [2.05, 4.69) is 33.9 Å². The maximum Gasteiger partial charge on any atom is 0.138 e. The van der Waals surface area contributed by atoms with E-state index in [0.29, 0.717) is 6.04 Å². The van der Waals surface area contributed by atoms with E-state index in [4.69, 9.17) is 0 Å². The van der Waals surface area contributed by atoms with Gasteiger partial charge in [0.1, 0.15) is 12.2 Å². The number of rotatable bonds is 8. The molecule has 4 nitrogen and oxygen atoms in total. The minimum Gasteiger partial charge on any atom is -0.313 e. The van der Waals surface area contributed by atoms with Crippen LogP contribution in [0.25, 0.3) is 0 Å². The molecule has 4 heteroatoms. The Bertz CT molecular complexity index is 380. The first-order valence-corrected chi connectivity index (χ1v) is 8.95. The molecule has 1 aromatic heterocycles. The second kappa shape index (κ2) is 9.19. The molecule has 1 aliphatic carbocycles. The summed E-state index contributed by atoms with van der Waals surface area (Å²) in [6, 6.07) is 0.572. The zero-order chi connectivity index (χ0) is 14.9. The zero-order valence-corrected chi connectivity index (χ0v) is 13.9. The van der Waals surface area contributed by atoms with Gasteiger partial charge in [0.05, 0.1) is 0 Å². The molecule has 0 spiro atoms. The zero-order valence-electron chi connectivity index (χ0n) is 13.9. The van der Waals surface area contributed by atoms with E-state index in [1.165, 1.54) is 44.9 Å². The van der Waals surface area contributed by atoms with Crippen LogP contribution in [0.4, 0.5) is 0 Å². The van der Waals surface area contributed by atoms with Crippen LogP contribution in [-0.4, -0.2) is 27.4 Å². The molecule has 21 heavy (non-hydrogen) atoms. The molecule has 1 fully saturated rings. The summed E-state index contributed by atoms with van der Waals surface area (Å²) in [5.41, 5.74) is 0. The highest BCUT2D eigenvalue weighted by Gasteiger charge is 2.24. The van der Waals surface area contributed by atoms with Crippen LogP contribution in [0.3, 0.4) is 0 Å². The van der Waals surface area contributed by atoms with E-state index in [9.17, 15) is 0 Å². The van der Waals surface area contributed by atoms with Crippen LogP contribution in [-0.2, 0) is 13.0 Å². The molecule has 1 heterocycles. The molecule has 1 unspecified atom stereocenters. The van der Waals surface area contributed by atoms with Crippen molar-refractivity contribution in [3.05, 3.63) is 12.2 Å². The smallest absolute Gasteiger partial charge is 0.138 e. The Morgan fingerprint density at radius 2 is 1.95 bits per heavy atom. The fraction of sp³-hybridized carbons (Fsp3) is 0.882. The molecule has 0 radical (unpaired) electrons. The first kappa shape index (κ1) is 16.5. The number of hydrogen-bond acceptors (Lipinski definition) is 3. The van der Waals surface area contributed by atoms with Gasteiger partial charge in [0.25, 0.3) is 0 Å². The first-order valence-electron chi connectivity index (χ1n) is 8.95. The molecule has 2 rings (SSSR count). The molecule has 120 valence electrons. The molecular weight excluding hydrogens is 260 g/mol. The predicted molar refractivity (Wildman–Crippen MR) is 87.3 cm³/mol.